The number of thiophene rings is 2. The van der Waals surface area contributed by atoms with Gasteiger partial charge in [0.1, 0.15) is 11.2 Å². The van der Waals surface area contributed by atoms with Crippen molar-refractivity contribution in [1.82, 2.24) is 15.0 Å². The molecule has 0 N–H and O–H groups in total. The van der Waals surface area contributed by atoms with E-state index in [0.717, 1.165) is 44.2 Å². The largest absolute Gasteiger partial charge is 0.456 e. The fourth-order valence-electron chi connectivity index (χ4n) is 10.8. The van der Waals surface area contributed by atoms with Crippen molar-refractivity contribution in [2.45, 2.75) is 0 Å². The molecule has 6 heteroatoms. The molecule has 69 heavy (non-hydrogen) atoms. The van der Waals surface area contributed by atoms with Crippen LogP contribution in [0.1, 0.15) is 0 Å². The van der Waals surface area contributed by atoms with Crippen LogP contribution in [0.15, 0.2) is 217 Å². The van der Waals surface area contributed by atoms with Crippen LogP contribution in [0.4, 0.5) is 0 Å². The molecular formula is C63H35N3OS2. The second-order valence-electron chi connectivity index (χ2n) is 17.8. The number of hydrogen-bond acceptors (Lipinski definition) is 6. The predicted molar refractivity (Wildman–Crippen MR) is 293 cm³/mol. The topological polar surface area (TPSA) is 51.8 Å². The molecule has 0 atom stereocenters. The number of nitrogens with zero attached hydrogens (tertiary/aromatic N) is 3. The van der Waals surface area contributed by atoms with Gasteiger partial charge in [0.2, 0.25) is 0 Å². The molecule has 4 heterocycles. The molecule has 11 aromatic carbocycles. The third kappa shape index (κ3) is 5.96. The van der Waals surface area contributed by atoms with Gasteiger partial charge in [-0.3, -0.25) is 0 Å². The van der Waals surface area contributed by atoms with Gasteiger partial charge < -0.3 is 4.42 Å². The standard InChI is InChI=1S/C63H35N3OS2/c1-2-13-36(14-3-1)61-64-62(39-28-30-46-44-17-5-4-15-42(44)43-16-6-7-18-45(43)51(46)34-39)66-63(65-61)50-23-11-24-54-58(50)52-33-37(29-32-53(52)67-54)40-20-12-26-56-59(40)49-22-10-21-41(60(49)69-56)38-27-31-48-47-19-8-9-25-55(47)68-57(48)35-38/h1-35H. The molecule has 0 amide bonds. The van der Waals surface area contributed by atoms with Crippen LogP contribution in [-0.4, -0.2) is 15.0 Å². The van der Waals surface area contributed by atoms with Gasteiger partial charge in [0.15, 0.2) is 17.5 Å². The summed E-state index contributed by atoms with van der Waals surface area (Å²) >= 11 is 3.74. The Labute approximate surface area is 403 Å². The maximum Gasteiger partial charge on any atom is 0.164 e. The van der Waals surface area contributed by atoms with Crippen molar-refractivity contribution in [2.75, 3.05) is 0 Å². The van der Waals surface area contributed by atoms with Crippen molar-refractivity contribution in [3.8, 4) is 56.4 Å². The first kappa shape index (κ1) is 38.5. The zero-order chi connectivity index (χ0) is 45.2. The Balaban J connectivity index is 0.899. The lowest BCUT2D eigenvalue weighted by atomic mass is 9.93. The fraction of sp³-hybridized carbons (Fsp3) is 0. The highest BCUT2D eigenvalue weighted by Gasteiger charge is 2.21. The molecule has 0 fully saturated rings. The van der Waals surface area contributed by atoms with Gasteiger partial charge in [-0.2, -0.15) is 0 Å². The Morgan fingerprint density at radius 3 is 1.65 bits per heavy atom. The van der Waals surface area contributed by atoms with Crippen molar-refractivity contribution in [3.63, 3.8) is 0 Å². The average Bonchev–Trinajstić information content (AvgIpc) is 4.12. The van der Waals surface area contributed by atoms with E-state index in [2.05, 4.69) is 182 Å². The minimum absolute atomic E-state index is 0.591. The van der Waals surface area contributed by atoms with Crippen LogP contribution in [0.25, 0.3) is 151 Å². The van der Waals surface area contributed by atoms with Gasteiger partial charge in [-0.1, -0.05) is 170 Å². The number of fused-ring (bicyclic) bond motifs is 15. The van der Waals surface area contributed by atoms with Crippen molar-refractivity contribution in [1.29, 1.82) is 0 Å². The van der Waals surface area contributed by atoms with Gasteiger partial charge in [-0.05, 0) is 97.0 Å². The smallest absolute Gasteiger partial charge is 0.164 e. The Morgan fingerprint density at radius 1 is 0.275 bits per heavy atom. The summed E-state index contributed by atoms with van der Waals surface area (Å²) in [5, 5.41) is 14.4. The molecule has 15 aromatic rings. The fourth-order valence-corrected chi connectivity index (χ4v) is 13.2. The molecule has 15 rings (SSSR count). The number of hydrogen-bond donors (Lipinski definition) is 0. The predicted octanol–water partition coefficient (Wildman–Crippen LogP) is 18.3. The van der Waals surface area contributed by atoms with Crippen LogP contribution in [0, 0.1) is 0 Å². The summed E-state index contributed by atoms with van der Waals surface area (Å²) in [4.78, 5) is 15.8. The second kappa shape index (κ2) is 15.0. The van der Waals surface area contributed by atoms with E-state index < -0.39 is 0 Å². The molecule has 0 aliphatic heterocycles. The minimum atomic E-state index is 0.591. The first-order valence-electron chi connectivity index (χ1n) is 23.2. The number of benzene rings is 11. The van der Waals surface area contributed by atoms with Gasteiger partial charge in [-0.15, -0.1) is 22.7 Å². The Morgan fingerprint density at radius 2 is 0.826 bits per heavy atom. The molecule has 4 aromatic heterocycles. The molecular weight excluding hydrogens is 879 g/mol. The highest BCUT2D eigenvalue weighted by molar-refractivity contribution is 7.26. The molecule has 0 saturated carbocycles. The van der Waals surface area contributed by atoms with Crippen molar-refractivity contribution >= 4 is 117 Å². The maximum atomic E-state index is 6.65. The Bertz CT molecular complexity index is 4590. The molecule has 0 aliphatic carbocycles. The average molecular weight is 914 g/mol. The molecule has 0 aliphatic rings. The molecule has 0 unspecified atom stereocenters. The first-order chi connectivity index (χ1) is 34.2. The summed E-state index contributed by atoms with van der Waals surface area (Å²) in [5.74, 6) is 1.82. The number of aromatic nitrogens is 3. The normalized spacial score (nSPS) is 12.1. The van der Waals surface area contributed by atoms with Gasteiger partial charge in [-0.25, -0.2) is 15.0 Å². The molecule has 0 spiro atoms. The van der Waals surface area contributed by atoms with Crippen LogP contribution in [-0.2, 0) is 0 Å². The third-order valence-corrected chi connectivity index (χ3v) is 16.3. The van der Waals surface area contributed by atoms with E-state index in [4.69, 9.17) is 19.4 Å². The molecule has 320 valence electrons. The lowest BCUT2D eigenvalue weighted by molar-refractivity contribution is 0.669. The highest BCUT2D eigenvalue weighted by atomic mass is 32.1. The summed E-state index contributed by atoms with van der Waals surface area (Å²) < 4.78 is 11.8. The van der Waals surface area contributed by atoms with Crippen LogP contribution in [0.3, 0.4) is 0 Å². The molecule has 0 bridgehead atoms. The van der Waals surface area contributed by atoms with E-state index in [1.807, 2.05) is 53.0 Å². The Kier molecular flexibility index (Phi) is 8.37. The van der Waals surface area contributed by atoms with Crippen LogP contribution in [0.5, 0.6) is 0 Å². The zero-order valence-corrected chi connectivity index (χ0v) is 38.4. The lowest BCUT2D eigenvalue weighted by Gasteiger charge is -2.13. The highest BCUT2D eigenvalue weighted by Crippen LogP contribution is 2.47. The van der Waals surface area contributed by atoms with E-state index in [1.165, 1.54) is 89.4 Å². The molecule has 4 nitrogen and oxygen atoms in total. The first-order valence-corrected chi connectivity index (χ1v) is 24.8. The summed E-state index contributed by atoms with van der Waals surface area (Å²) in [7, 11) is 0. The zero-order valence-electron chi connectivity index (χ0n) is 36.8. The van der Waals surface area contributed by atoms with Gasteiger partial charge in [0.05, 0.1) is 0 Å². The van der Waals surface area contributed by atoms with E-state index in [0.29, 0.717) is 17.5 Å². The second-order valence-corrected chi connectivity index (χ2v) is 19.9. The SMILES string of the molecule is c1ccc(-c2nc(-c3ccc4c5ccccc5c5ccccc5c4c3)nc(-c3cccc4oc5ccc(-c6cccc7sc8c(-c9ccc%10c(c9)sc9ccccc9%10)cccc8c67)cc5c34)n2)cc1. The lowest BCUT2D eigenvalue weighted by Crippen LogP contribution is -2.00. The van der Waals surface area contributed by atoms with Crippen molar-refractivity contribution in [2.24, 2.45) is 0 Å². The quantitative estimate of drug-likeness (QED) is 0.161. The minimum Gasteiger partial charge on any atom is -0.456 e. The third-order valence-electron chi connectivity index (χ3n) is 13.9. The van der Waals surface area contributed by atoms with E-state index in [-0.39, 0.29) is 0 Å². The van der Waals surface area contributed by atoms with E-state index >= 15 is 0 Å². The van der Waals surface area contributed by atoms with Crippen LogP contribution < -0.4 is 0 Å². The van der Waals surface area contributed by atoms with E-state index in [1.54, 1.807) is 0 Å². The van der Waals surface area contributed by atoms with Gasteiger partial charge in [0, 0.05) is 67.8 Å². The van der Waals surface area contributed by atoms with Crippen LogP contribution in [0.2, 0.25) is 0 Å². The van der Waals surface area contributed by atoms with Crippen molar-refractivity contribution in [3.05, 3.63) is 212 Å². The number of rotatable bonds is 5. The maximum absolute atomic E-state index is 6.65. The summed E-state index contributed by atoms with van der Waals surface area (Å²) in [6.45, 7) is 0. The number of furan rings is 1. The van der Waals surface area contributed by atoms with Crippen molar-refractivity contribution < 1.29 is 4.42 Å². The summed E-state index contributed by atoms with van der Waals surface area (Å²) in [6, 6.07) is 76.1. The molecule has 0 saturated heterocycles. The van der Waals surface area contributed by atoms with Crippen LogP contribution >= 0.6 is 22.7 Å². The van der Waals surface area contributed by atoms with Gasteiger partial charge >= 0.3 is 0 Å². The summed E-state index contributed by atoms with van der Waals surface area (Å²) in [5.41, 5.74) is 9.15. The monoisotopic (exact) mass is 913 g/mol. The summed E-state index contributed by atoms with van der Waals surface area (Å²) in [6.07, 6.45) is 0. The van der Waals surface area contributed by atoms with E-state index in [9.17, 15) is 0 Å². The molecule has 0 radical (unpaired) electrons. The Hall–Kier alpha value is -8.55. The van der Waals surface area contributed by atoms with Gasteiger partial charge in [0.25, 0.3) is 0 Å².